The molecule has 40 heavy (non-hydrogen) atoms. The second-order valence-corrected chi connectivity index (χ2v) is 10.6. The first-order chi connectivity index (χ1) is 19.2. The van der Waals surface area contributed by atoms with Gasteiger partial charge in [0.05, 0.1) is 37.1 Å². The molecule has 1 amide bonds. The number of likely N-dealkylation sites (tertiary alicyclic amines) is 1. The van der Waals surface area contributed by atoms with Crippen LogP contribution in [0.3, 0.4) is 0 Å². The maximum absolute atomic E-state index is 15.3. The lowest BCUT2D eigenvalue weighted by atomic mass is 10.0. The van der Waals surface area contributed by atoms with Gasteiger partial charge in [0.1, 0.15) is 23.0 Å². The number of methoxy groups -OCH3 is 1. The molecule has 3 aliphatic rings. The number of carbonyl (C=O) groups is 1. The van der Waals surface area contributed by atoms with Gasteiger partial charge in [0.15, 0.2) is 0 Å². The number of aromatic amines is 1. The Bertz CT molecular complexity index is 1410. The van der Waals surface area contributed by atoms with E-state index in [9.17, 15) is 18.0 Å². The molecule has 0 unspecified atom stereocenters. The summed E-state index contributed by atoms with van der Waals surface area (Å²) in [4.78, 5) is 24.3. The van der Waals surface area contributed by atoms with Gasteiger partial charge in [-0.05, 0) is 49.3 Å². The molecule has 6 rings (SSSR count). The molecule has 214 valence electrons. The molecule has 3 aromatic rings. The third-order valence-corrected chi connectivity index (χ3v) is 8.09. The topological polar surface area (TPSA) is 82.7 Å². The fourth-order valence-electron chi connectivity index (χ4n) is 5.84. The van der Waals surface area contributed by atoms with Crippen molar-refractivity contribution >= 4 is 28.4 Å². The van der Waals surface area contributed by atoms with Crippen LogP contribution < -0.4 is 10.1 Å². The number of aromatic nitrogens is 2. The van der Waals surface area contributed by atoms with Crippen LogP contribution in [0.25, 0.3) is 11.0 Å². The predicted molar refractivity (Wildman–Crippen MR) is 141 cm³/mol. The maximum atomic E-state index is 15.3. The van der Waals surface area contributed by atoms with Crippen molar-refractivity contribution in [1.82, 2.24) is 19.8 Å². The molecule has 1 aliphatic carbocycles. The van der Waals surface area contributed by atoms with Gasteiger partial charge in [0, 0.05) is 49.9 Å². The highest BCUT2D eigenvalue weighted by Gasteiger charge is 2.38. The van der Waals surface area contributed by atoms with Crippen LogP contribution in [-0.2, 0) is 10.9 Å². The monoisotopic (exact) mass is 561 g/mol. The van der Waals surface area contributed by atoms with Crippen LogP contribution in [0, 0.1) is 5.82 Å². The Morgan fingerprint density at radius 3 is 2.48 bits per heavy atom. The number of pyridine rings is 1. The minimum atomic E-state index is -4.51. The minimum absolute atomic E-state index is 0.00830. The molecule has 1 saturated carbocycles. The number of rotatable bonds is 6. The van der Waals surface area contributed by atoms with Crippen LogP contribution in [0.15, 0.2) is 24.4 Å². The number of nitrogens with zero attached hydrogens (tertiary/aromatic N) is 3. The lowest BCUT2D eigenvalue weighted by molar-refractivity contribution is -0.136. The van der Waals surface area contributed by atoms with Gasteiger partial charge in [-0.25, -0.2) is 9.37 Å². The first kappa shape index (κ1) is 26.8. The number of fused-ring (bicyclic) bond motifs is 1. The third-order valence-electron chi connectivity index (χ3n) is 8.09. The second kappa shape index (κ2) is 10.5. The highest BCUT2D eigenvalue weighted by atomic mass is 19.4. The zero-order valence-electron chi connectivity index (χ0n) is 22.1. The summed E-state index contributed by atoms with van der Waals surface area (Å²) in [6, 6.07) is 4.50. The average molecular weight is 562 g/mol. The van der Waals surface area contributed by atoms with E-state index in [1.165, 1.54) is 19.2 Å². The Labute approximate surface area is 228 Å². The number of piperidine rings is 1. The van der Waals surface area contributed by atoms with Crippen molar-refractivity contribution in [3.63, 3.8) is 0 Å². The lowest BCUT2D eigenvalue weighted by Crippen LogP contribution is -2.50. The van der Waals surface area contributed by atoms with Crippen molar-refractivity contribution in [2.24, 2.45) is 0 Å². The van der Waals surface area contributed by atoms with E-state index in [-0.39, 0.29) is 39.8 Å². The molecular formula is C28H31F4N5O3. The van der Waals surface area contributed by atoms with Crippen molar-refractivity contribution in [2.45, 2.75) is 43.8 Å². The molecule has 4 heterocycles. The number of anilines is 2. The zero-order chi connectivity index (χ0) is 28.0. The molecule has 8 nitrogen and oxygen atoms in total. The Morgan fingerprint density at radius 1 is 1.10 bits per heavy atom. The summed E-state index contributed by atoms with van der Waals surface area (Å²) < 4.78 is 67.0. The third kappa shape index (κ3) is 5.22. The van der Waals surface area contributed by atoms with Gasteiger partial charge in [0.2, 0.25) is 0 Å². The van der Waals surface area contributed by atoms with Crippen LogP contribution >= 0.6 is 0 Å². The van der Waals surface area contributed by atoms with Crippen LogP contribution in [0.2, 0.25) is 0 Å². The molecule has 0 atom stereocenters. The SMILES string of the molecule is COc1cc(C(=O)N2CCC(N3CCOCC3)CC2)c(F)cc1Nc1cc(C2CC2)c2c(C(F)(F)F)c[nH]c2n1. The molecule has 2 aliphatic heterocycles. The van der Waals surface area contributed by atoms with Gasteiger partial charge in [-0.15, -0.1) is 0 Å². The maximum Gasteiger partial charge on any atom is 0.418 e. The number of benzene rings is 1. The van der Waals surface area contributed by atoms with Crippen LogP contribution in [0.4, 0.5) is 29.1 Å². The molecule has 3 fully saturated rings. The highest BCUT2D eigenvalue weighted by Crippen LogP contribution is 2.47. The number of amides is 1. The van der Waals surface area contributed by atoms with E-state index in [1.807, 2.05) is 0 Å². The number of nitrogens with one attached hydrogen (secondary N) is 2. The molecule has 2 saturated heterocycles. The van der Waals surface area contributed by atoms with E-state index < -0.39 is 23.5 Å². The first-order valence-corrected chi connectivity index (χ1v) is 13.6. The van der Waals surface area contributed by atoms with Gasteiger partial charge in [0.25, 0.3) is 5.91 Å². The first-order valence-electron chi connectivity index (χ1n) is 13.6. The van der Waals surface area contributed by atoms with Gasteiger partial charge in [-0.1, -0.05) is 0 Å². The number of hydrogen-bond donors (Lipinski definition) is 2. The van der Waals surface area contributed by atoms with E-state index in [0.717, 1.165) is 58.2 Å². The Kier molecular flexibility index (Phi) is 7.07. The molecule has 2 aromatic heterocycles. The average Bonchev–Trinajstić information content (AvgIpc) is 3.70. The number of morpholine rings is 1. The smallest absolute Gasteiger partial charge is 0.418 e. The molecule has 0 spiro atoms. The van der Waals surface area contributed by atoms with Gasteiger partial charge in [-0.2, -0.15) is 13.2 Å². The van der Waals surface area contributed by atoms with E-state index in [2.05, 4.69) is 20.2 Å². The van der Waals surface area contributed by atoms with Gasteiger partial charge < -0.3 is 24.7 Å². The normalized spacial score (nSPS) is 19.3. The van der Waals surface area contributed by atoms with Gasteiger partial charge in [-0.3, -0.25) is 9.69 Å². The molecule has 12 heteroatoms. The quantitative estimate of drug-likeness (QED) is 0.398. The van der Waals surface area contributed by atoms with E-state index in [0.29, 0.717) is 24.7 Å². The molecule has 1 aromatic carbocycles. The Balaban J connectivity index is 1.22. The van der Waals surface area contributed by atoms with Gasteiger partial charge >= 0.3 is 6.18 Å². The molecule has 0 radical (unpaired) electrons. The number of ether oxygens (including phenoxy) is 2. The zero-order valence-corrected chi connectivity index (χ0v) is 22.1. The number of carbonyl (C=O) groups excluding carboxylic acids is 1. The Morgan fingerprint density at radius 2 is 1.82 bits per heavy atom. The molecule has 0 bridgehead atoms. The fourth-order valence-corrected chi connectivity index (χ4v) is 5.84. The summed E-state index contributed by atoms with van der Waals surface area (Å²) in [7, 11) is 1.41. The van der Waals surface area contributed by atoms with E-state index >= 15 is 4.39 Å². The van der Waals surface area contributed by atoms with Crippen LogP contribution in [0.5, 0.6) is 5.75 Å². The highest BCUT2D eigenvalue weighted by molar-refractivity contribution is 5.96. The summed E-state index contributed by atoms with van der Waals surface area (Å²) in [5, 5.41) is 3.06. The van der Waals surface area contributed by atoms with Crippen molar-refractivity contribution in [1.29, 1.82) is 0 Å². The number of H-pyrrole nitrogens is 1. The number of alkyl halides is 3. The fraction of sp³-hybridized carbons (Fsp3) is 0.500. The minimum Gasteiger partial charge on any atom is -0.495 e. The summed E-state index contributed by atoms with van der Waals surface area (Å²) in [5.74, 6) is -0.623. The van der Waals surface area contributed by atoms with Crippen LogP contribution in [0.1, 0.15) is 53.1 Å². The molecule has 2 N–H and O–H groups in total. The number of hydrogen-bond acceptors (Lipinski definition) is 6. The largest absolute Gasteiger partial charge is 0.495 e. The summed E-state index contributed by atoms with van der Waals surface area (Å²) in [6.07, 6.45) is -0.367. The summed E-state index contributed by atoms with van der Waals surface area (Å²) >= 11 is 0. The molecular weight excluding hydrogens is 530 g/mol. The number of halogens is 4. The van der Waals surface area contributed by atoms with Crippen molar-refractivity contribution in [3.8, 4) is 5.75 Å². The van der Waals surface area contributed by atoms with E-state index in [1.54, 1.807) is 11.0 Å². The van der Waals surface area contributed by atoms with Crippen molar-refractivity contribution in [3.05, 3.63) is 46.9 Å². The standard InChI is InChI=1S/C28H31F4N5O3/c1-39-23-12-19(27(38)37-6-4-17(5-7-37)36-8-10-40-11-9-36)21(29)14-22(23)34-24-13-18(16-2-3-16)25-20(28(30,31)32)15-33-26(25)35-24/h12-17H,2-11H2,1H3,(H2,33,34,35). The Hall–Kier alpha value is -3.38. The lowest BCUT2D eigenvalue weighted by Gasteiger charge is -2.40. The van der Waals surface area contributed by atoms with Crippen molar-refractivity contribution in [2.75, 3.05) is 51.8 Å². The van der Waals surface area contributed by atoms with Crippen LogP contribution in [-0.4, -0.2) is 78.2 Å². The summed E-state index contributed by atoms with van der Waals surface area (Å²) in [5.41, 5.74) is 0.0370. The predicted octanol–water partition coefficient (Wildman–Crippen LogP) is 5.29. The second-order valence-electron chi connectivity index (χ2n) is 10.6. The summed E-state index contributed by atoms with van der Waals surface area (Å²) in [6.45, 7) is 4.27. The van der Waals surface area contributed by atoms with E-state index in [4.69, 9.17) is 9.47 Å². The van der Waals surface area contributed by atoms with Crippen molar-refractivity contribution < 1.29 is 31.8 Å².